The van der Waals surface area contributed by atoms with E-state index in [9.17, 15) is 45.5 Å². The van der Waals surface area contributed by atoms with Crippen molar-refractivity contribution < 1.29 is 26.3 Å². The molecule has 8 aromatic rings. The number of hydrogen-bond acceptors (Lipinski definition) is 4. The lowest BCUT2D eigenvalue weighted by molar-refractivity contribution is -0.138. The second-order valence-electron chi connectivity index (χ2n) is 9.85. The molecule has 0 spiro atoms. The fourth-order valence-electron chi connectivity index (χ4n) is 5.23. The Balaban J connectivity index is 1.55. The van der Waals surface area contributed by atoms with Crippen LogP contribution in [0.25, 0.3) is 32.3 Å². The summed E-state index contributed by atoms with van der Waals surface area (Å²) in [6.45, 7) is -0.712. The van der Waals surface area contributed by atoms with Crippen molar-refractivity contribution in [2.45, 2.75) is 25.4 Å². The number of nitrogens with zero attached hydrogens (tertiary/aromatic N) is 2. The van der Waals surface area contributed by atoms with Crippen molar-refractivity contribution in [1.29, 1.82) is 0 Å². The third-order valence-electron chi connectivity index (χ3n) is 7.31. The molecule has 0 fully saturated rings. The molecule has 0 atom stereocenters. The van der Waals surface area contributed by atoms with Crippen LogP contribution < -0.4 is 22.2 Å². The molecule has 12 heteroatoms. The lowest BCUT2D eigenvalue weighted by Crippen LogP contribution is -2.31. The molecule has 0 N–H and O–H groups in total. The van der Waals surface area contributed by atoms with Gasteiger partial charge in [-0.3, -0.25) is 28.3 Å². The Kier molecular flexibility index (Phi) is 6.00. The zero-order valence-corrected chi connectivity index (χ0v) is 21.1. The van der Waals surface area contributed by atoms with Crippen molar-refractivity contribution in [3.8, 4) is 0 Å². The monoisotopic (exact) mass is 582 g/mol. The quantitative estimate of drug-likeness (QED) is 0.268. The van der Waals surface area contributed by atoms with Crippen LogP contribution in [-0.2, 0) is 25.4 Å². The predicted octanol–water partition coefficient (Wildman–Crippen LogP) is 5.20. The van der Waals surface area contributed by atoms with Gasteiger partial charge in [-0.05, 0) is 59.7 Å². The van der Waals surface area contributed by atoms with Gasteiger partial charge in [-0.25, -0.2) is 0 Å². The zero-order chi connectivity index (χ0) is 30.1. The average molecular weight is 582 g/mol. The maximum absolute atomic E-state index is 13.6. The van der Waals surface area contributed by atoms with Gasteiger partial charge in [0.2, 0.25) is 0 Å². The molecule has 4 aromatic heterocycles. The van der Waals surface area contributed by atoms with E-state index in [1.54, 1.807) is 0 Å². The van der Waals surface area contributed by atoms with Crippen LogP contribution >= 0.6 is 0 Å². The molecular weight excluding hydrogens is 566 g/mol. The third kappa shape index (κ3) is 4.30. The van der Waals surface area contributed by atoms with Crippen LogP contribution in [0.4, 0.5) is 26.3 Å². The van der Waals surface area contributed by atoms with Crippen molar-refractivity contribution in [2.24, 2.45) is 0 Å². The number of hydrogen-bond donors (Lipinski definition) is 0. The lowest BCUT2D eigenvalue weighted by atomic mass is 10.00. The number of benzene rings is 4. The molecule has 0 aliphatic heterocycles. The summed E-state index contributed by atoms with van der Waals surface area (Å²) < 4.78 is 79.5. The highest BCUT2D eigenvalue weighted by Crippen LogP contribution is 2.31. The summed E-state index contributed by atoms with van der Waals surface area (Å²) in [6, 6.07) is 13.3. The van der Waals surface area contributed by atoms with Crippen molar-refractivity contribution in [3.63, 3.8) is 0 Å². The molecule has 0 saturated carbocycles. The molecule has 0 saturated heterocycles. The van der Waals surface area contributed by atoms with Gasteiger partial charge >= 0.3 is 12.4 Å². The normalized spacial score (nSPS) is 12.6. The largest absolute Gasteiger partial charge is 0.416 e. The highest BCUT2D eigenvalue weighted by atomic mass is 19.4. The molecule has 212 valence electrons. The minimum Gasteiger partial charge on any atom is -0.270 e. The van der Waals surface area contributed by atoms with Gasteiger partial charge in [0, 0.05) is 32.3 Å². The fraction of sp³-hybridized carbons (Fsp3) is 0.133. The number of alkyl halides is 6. The number of aromatic nitrogens is 2. The summed E-state index contributed by atoms with van der Waals surface area (Å²) in [5.41, 5.74) is -4.52. The first-order chi connectivity index (χ1) is 19.8. The molecule has 0 aliphatic carbocycles. The standard InChI is InChI=1S/C30H16F6N2O4/c31-29(32,33)17-5-1-15(2-6-17)13-37-25(39)19-9-10-20(26(37)40)24-22-12-11-21(23(19)24)27(41)38(28(22)42)14-16-3-7-18(8-4-16)30(34,35)36/h1-12H,13-14H2. The first kappa shape index (κ1) is 27.2. The van der Waals surface area contributed by atoms with E-state index in [2.05, 4.69) is 0 Å². The number of rotatable bonds is 4. The Morgan fingerprint density at radius 2 is 0.690 bits per heavy atom. The lowest BCUT2D eigenvalue weighted by Gasteiger charge is -2.08. The Bertz CT molecular complexity index is 1980. The molecule has 4 heterocycles. The first-order valence-electron chi connectivity index (χ1n) is 12.4. The zero-order valence-electron chi connectivity index (χ0n) is 21.1. The molecular formula is C30H16F6N2O4. The van der Waals surface area contributed by atoms with Crippen LogP contribution in [0.2, 0.25) is 0 Å². The summed E-state index contributed by atoms with van der Waals surface area (Å²) in [4.78, 5) is 54.4. The molecule has 6 nitrogen and oxygen atoms in total. The summed E-state index contributed by atoms with van der Waals surface area (Å²) in [5.74, 6) is 0. The molecule has 4 aromatic carbocycles. The summed E-state index contributed by atoms with van der Waals surface area (Å²) in [5, 5.41) is -0.0679. The van der Waals surface area contributed by atoms with Crippen LogP contribution in [-0.4, -0.2) is 9.13 Å². The topological polar surface area (TPSA) is 78.1 Å². The molecule has 4 bridgehead atoms. The summed E-state index contributed by atoms with van der Waals surface area (Å²) in [6.07, 6.45) is -9.13. The van der Waals surface area contributed by atoms with Crippen molar-refractivity contribution >= 4 is 32.3 Å². The Morgan fingerprint density at radius 1 is 0.429 bits per heavy atom. The van der Waals surface area contributed by atoms with E-state index in [0.29, 0.717) is 0 Å². The van der Waals surface area contributed by atoms with Crippen LogP contribution in [0.3, 0.4) is 0 Å². The average Bonchev–Trinajstić information content (AvgIpc) is 3.21. The first-order valence-corrected chi connectivity index (χ1v) is 12.4. The third-order valence-corrected chi connectivity index (χ3v) is 7.31. The van der Waals surface area contributed by atoms with Gasteiger partial charge in [-0.1, -0.05) is 24.3 Å². The Labute approximate surface area is 230 Å². The van der Waals surface area contributed by atoms with E-state index in [-0.39, 0.29) is 56.5 Å². The van der Waals surface area contributed by atoms with Crippen LogP contribution in [0.5, 0.6) is 0 Å². The van der Waals surface area contributed by atoms with E-state index >= 15 is 0 Å². The Morgan fingerprint density at radius 3 is 0.929 bits per heavy atom. The van der Waals surface area contributed by atoms with Crippen LogP contribution in [0.15, 0.2) is 92.0 Å². The smallest absolute Gasteiger partial charge is 0.270 e. The van der Waals surface area contributed by atoms with Crippen molar-refractivity contribution in [3.05, 3.63) is 136 Å². The van der Waals surface area contributed by atoms with Gasteiger partial charge in [-0.15, -0.1) is 0 Å². The molecule has 0 amide bonds. The van der Waals surface area contributed by atoms with Gasteiger partial charge < -0.3 is 0 Å². The van der Waals surface area contributed by atoms with Gasteiger partial charge in [0.1, 0.15) is 0 Å². The highest BCUT2D eigenvalue weighted by molar-refractivity contribution is 6.22. The van der Waals surface area contributed by atoms with Crippen molar-refractivity contribution in [1.82, 2.24) is 9.13 Å². The van der Waals surface area contributed by atoms with Gasteiger partial charge in [0.15, 0.2) is 0 Å². The van der Waals surface area contributed by atoms with Crippen LogP contribution in [0.1, 0.15) is 22.3 Å². The van der Waals surface area contributed by atoms with E-state index in [0.717, 1.165) is 57.7 Å². The summed E-state index contributed by atoms with van der Waals surface area (Å²) >= 11 is 0. The maximum Gasteiger partial charge on any atom is 0.416 e. The van der Waals surface area contributed by atoms with Crippen molar-refractivity contribution in [2.75, 3.05) is 0 Å². The fourth-order valence-corrected chi connectivity index (χ4v) is 5.23. The molecule has 0 radical (unpaired) electrons. The van der Waals surface area contributed by atoms with Gasteiger partial charge in [0.25, 0.3) is 22.2 Å². The van der Waals surface area contributed by atoms with E-state index < -0.39 is 45.7 Å². The van der Waals surface area contributed by atoms with E-state index in [1.807, 2.05) is 0 Å². The van der Waals surface area contributed by atoms with E-state index in [4.69, 9.17) is 0 Å². The molecule has 8 rings (SSSR count). The minimum absolute atomic E-state index is 0.0547. The molecule has 0 aliphatic rings. The second kappa shape index (κ2) is 9.26. The predicted molar refractivity (Wildman–Crippen MR) is 143 cm³/mol. The summed E-state index contributed by atoms with van der Waals surface area (Å²) in [7, 11) is 0. The molecule has 42 heavy (non-hydrogen) atoms. The molecule has 0 unspecified atom stereocenters. The minimum atomic E-state index is -4.57. The number of fused-ring (bicyclic) bond motifs is 6. The Hall–Kier alpha value is -5.00. The van der Waals surface area contributed by atoms with Gasteiger partial charge in [0.05, 0.1) is 24.2 Å². The van der Waals surface area contributed by atoms with Gasteiger partial charge in [-0.2, -0.15) is 26.3 Å². The van der Waals surface area contributed by atoms with Crippen LogP contribution in [0, 0.1) is 0 Å². The maximum atomic E-state index is 13.6. The second-order valence-corrected chi connectivity index (χ2v) is 9.85. The number of halogens is 6. The van der Waals surface area contributed by atoms with E-state index in [1.165, 1.54) is 24.3 Å². The SMILES string of the molecule is O=c1c2ccc(c(=O)n1Cc1ccc(C(F)(F)F)cc1)c1c3ccc(c(=O)n(Cc4ccc(C(F)(F)F)cc4)c3=O)c21. The highest BCUT2D eigenvalue weighted by Gasteiger charge is 2.31.